The van der Waals surface area contributed by atoms with Crippen LogP contribution in [0.25, 0.3) is 0 Å². The molecule has 3 fully saturated rings. The summed E-state index contributed by atoms with van der Waals surface area (Å²) in [6.45, 7) is 9.95. The molecule has 0 aliphatic heterocycles. The van der Waals surface area contributed by atoms with Crippen molar-refractivity contribution in [3.63, 3.8) is 0 Å². The van der Waals surface area contributed by atoms with Crippen molar-refractivity contribution in [1.82, 2.24) is 0 Å². The van der Waals surface area contributed by atoms with Crippen LogP contribution in [0.15, 0.2) is 23.3 Å². The van der Waals surface area contributed by atoms with E-state index in [9.17, 15) is 0 Å². The normalized spacial score (nSPS) is 52.7. The summed E-state index contributed by atoms with van der Waals surface area (Å²) in [6.07, 6.45) is 16.7. The second-order valence-electron chi connectivity index (χ2n) is 9.42. The Kier molecular flexibility index (Phi) is 3.41. The fourth-order valence-corrected chi connectivity index (χ4v) is 7.07. The average Bonchev–Trinajstić information content (AvgIpc) is 2.84. The Hall–Kier alpha value is -0.520. The van der Waals surface area contributed by atoms with Gasteiger partial charge in [-0.2, -0.15) is 0 Å². The minimum Gasteiger partial charge on any atom is -0.0879 e. The standard InChI is InChI=1S/C22H34/c1-5-16-7-9-19-18-8-6-17-14-15(2)10-12-22(17,4)20(18)11-13-21(16,19)3/h5,11,15,17-19H,6-10,12-14H2,1-4H3/b16-5-/t15-,17-,18?,19?,21-,22+/m1/s1. The molecule has 122 valence electrons. The van der Waals surface area contributed by atoms with Gasteiger partial charge in [-0.3, -0.25) is 0 Å². The summed E-state index contributed by atoms with van der Waals surface area (Å²) in [7, 11) is 0. The van der Waals surface area contributed by atoms with Crippen LogP contribution in [0, 0.1) is 34.5 Å². The van der Waals surface area contributed by atoms with Gasteiger partial charge in [-0.15, -0.1) is 0 Å². The maximum atomic E-state index is 2.73. The van der Waals surface area contributed by atoms with Crippen molar-refractivity contribution < 1.29 is 0 Å². The summed E-state index contributed by atoms with van der Waals surface area (Å²) in [5, 5.41) is 0. The third kappa shape index (κ3) is 1.88. The minimum atomic E-state index is 0.494. The molecule has 0 aromatic heterocycles. The van der Waals surface area contributed by atoms with Crippen LogP contribution in [-0.4, -0.2) is 0 Å². The van der Waals surface area contributed by atoms with Crippen molar-refractivity contribution in [3.05, 3.63) is 23.3 Å². The molecule has 0 nitrogen and oxygen atoms in total. The van der Waals surface area contributed by atoms with E-state index in [0.29, 0.717) is 10.8 Å². The molecule has 3 saturated carbocycles. The summed E-state index contributed by atoms with van der Waals surface area (Å²) in [5.74, 6) is 3.79. The molecule has 0 bridgehead atoms. The minimum absolute atomic E-state index is 0.494. The van der Waals surface area contributed by atoms with Crippen molar-refractivity contribution in [2.75, 3.05) is 0 Å². The molecular formula is C22H34. The van der Waals surface area contributed by atoms with E-state index >= 15 is 0 Å². The maximum Gasteiger partial charge on any atom is -0.00479 e. The lowest BCUT2D eigenvalue weighted by Gasteiger charge is -2.56. The second-order valence-corrected chi connectivity index (χ2v) is 9.42. The lowest BCUT2D eigenvalue weighted by atomic mass is 9.48. The number of fused-ring (bicyclic) bond motifs is 5. The lowest BCUT2D eigenvalue weighted by Crippen LogP contribution is -2.46. The fourth-order valence-electron chi connectivity index (χ4n) is 7.07. The van der Waals surface area contributed by atoms with Gasteiger partial charge in [0.05, 0.1) is 0 Å². The van der Waals surface area contributed by atoms with Crippen LogP contribution in [0.5, 0.6) is 0 Å². The van der Waals surface area contributed by atoms with Gasteiger partial charge in [0, 0.05) is 0 Å². The SMILES string of the molecule is C/C=C1/CCC2C3CC[C@@H]4C[C@H](C)CC[C@]4(C)C3=CC[C@]12C. The molecule has 0 amide bonds. The number of hydrogen-bond donors (Lipinski definition) is 0. The molecule has 0 heteroatoms. The van der Waals surface area contributed by atoms with E-state index in [1.54, 1.807) is 5.57 Å². The zero-order valence-corrected chi connectivity index (χ0v) is 15.1. The van der Waals surface area contributed by atoms with Crippen LogP contribution in [-0.2, 0) is 0 Å². The molecule has 2 unspecified atom stereocenters. The molecule has 6 atom stereocenters. The van der Waals surface area contributed by atoms with Gasteiger partial charge >= 0.3 is 0 Å². The summed E-state index contributed by atoms with van der Waals surface area (Å²) < 4.78 is 0. The fraction of sp³-hybridized carbons (Fsp3) is 0.818. The van der Waals surface area contributed by atoms with Crippen LogP contribution < -0.4 is 0 Å². The van der Waals surface area contributed by atoms with E-state index in [1.165, 1.54) is 51.4 Å². The second kappa shape index (κ2) is 4.99. The third-order valence-corrected chi connectivity index (χ3v) is 8.49. The van der Waals surface area contributed by atoms with Crippen LogP contribution in [0.2, 0.25) is 0 Å². The van der Waals surface area contributed by atoms with Gasteiger partial charge in [0.1, 0.15) is 0 Å². The molecule has 0 aromatic carbocycles. The molecule has 0 aromatic rings. The summed E-state index contributed by atoms with van der Waals surface area (Å²) >= 11 is 0. The predicted molar refractivity (Wildman–Crippen MR) is 94.6 cm³/mol. The monoisotopic (exact) mass is 298 g/mol. The first-order chi connectivity index (χ1) is 10.5. The van der Waals surface area contributed by atoms with E-state index in [2.05, 4.69) is 39.8 Å². The average molecular weight is 299 g/mol. The molecule has 0 N–H and O–H groups in total. The van der Waals surface area contributed by atoms with Gasteiger partial charge in [-0.05, 0) is 92.8 Å². The first kappa shape index (κ1) is 15.0. The van der Waals surface area contributed by atoms with Crippen molar-refractivity contribution >= 4 is 0 Å². The van der Waals surface area contributed by atoms with Gasteiger partial charge in [0.2, 0.25) is 0 Å². The Labute approximate surface area is 137 Å². The van der Waals surface area contributed by atoms with Crippen molar-refractivity contribution in [2.24, 2.45) is 34.5 Å². The summed E-state index contributed by atoms with van der Waals surface area (Å²) in [4.78, 5) is 0. The summed E-state index contributed by atoms with van der Waals surface area (Å²) in [5.41, 5.74) is 4.72. The van der Waals surface area contributed by atoms with Gasteiger partial charge in [-0.1, -0.05) is 44.1 Å². The highest BCUT2D eigenvalue weighted by molar-refractivity contribution is 5.34. The molecule has 4 aliphatic rings. The zero-order valence-electron chi connectivity index (χ0n) is 15.1. The molecule has 0 heterocycles. The van der Waals surface area contributed by atoms with Crippen LogP contribution in [0.1, 0.15) is 79.1 Å². The zero-order chi connectivity index (χ0) is 15.5. The Morgan fingerprint density at radius 2 is 1.91 bits per heavy atom. The van der Waals surface area contributed by atoms with Gasteiger partial charge in [0.15, 0.2) is 0 Å². The van der Waals surface area contributed by atoms with E-state index in [0.717, 1.165) is 23.7 Å². The van der Waals surface area contributed by atoms with Crippen molar-refractivity contribution in [1.29, 1.82) is 0 Å². The highest BCUT2D eigenvalue weighted by atomic mass is 14.6. The Morgan fingerprint density at radius 1 is 1.09 bits per heavy atom. The lowest BCUT2D eigenvalue weighted by molar-refractivity contribution is 0.0352. The maximum absolute atomic E-state index is 2.73. The highest BCUT2D eigenvalue weighted by Gasteiger charge is 2.55. The smallest absolute Gasteiger partial charge is 0.00479 e. The van der Waals surface area contributed by atoms with E-state index < -0.39 is 0 Å². The van der Waals surface area contributed by atoms with E-state index in [-0.39, 0.29) is 0 Å². The van der Waals surface area contributed by atoms with Crippen LogP contribution >= 0.6 is 0 Å². The number of hydrogen-bond acceptors (Lipinski definition) is 0. The Balaban J connectivity index is 1.71. The largest absolute Gasteiger partial charge is 0.0879 e. The molecule has 22 heavy (non-hydrogen) atoms. The number of allylic oxidation sites excluding steroid dienone is 4. The van der Waals surface area contributed by atoms with Gasteiger partial charge in [-0.25, -0.2) is 0 Å². The summed E-state index contributed by atoms with van der Waals surface area (Å²) in [6, 6.07) is 0. The van der Waals surface area contributed by atoms with Gasteiger partial charge < -0.3 is 0 Å². The third-order valence-electron chi connectivity index (χ3n) is 8.49. The predicted octanol–water partition coefficient (Wildman–Crippen LogP) is 6.53. The molecule has 4 rings (SSSR count). The first-order valence-electron chi connectivity index (χ1n) is 9.85. The Morgan fingerprint density at radius 3 is 2.68 bits per heavy atom. The van der Waals surface area contributed by atoms with Crippen LogP contribution in [0.3, 0.4) is 0 Å². The van der Waals surface area contributed by atoms with Gasteiger partial charge in [0.25, 0.3) is 0 Å². The van der Waals surface area contributed by atoms with Crippen molar-refractivity contribution in [3.8, 4) is 0 Å². The highest BCUT2D eigenvalue weighted by Crippen LogP contribution is 2.65. The van der Waals surface area contributed by atoms with Crippen LogP contribution in [0.4, 0.5) is 0 Å². The number of rotatable bonds is 0. The molecule has 0 spiro atoms. The molecule has 0 radical (unpaired) electrons. The molecular weight excluding hydrogens is 264 g/mol. The van der Waals surface area contributed by atoms with Crippen molar-refractivity contribution in [2.45, 2.75) is 79.1 Å². The molecule has 4 aliphatic carbocycles. The van der Waals surface area contributed by atoms with E-state index in [4.69, 9.17) is 0 Å². The molecule has 0 saturated heterocycles. The topological polar surface area (TPSA) is 0 Å². The Bertz CT molecular complexity index is 524. The first-order valence-corrected chi connectivity index (χ1v) is 9.85. The quantitative estimate of drug-likeness (QED) is 0.446. The van der Waals surface area contributed by atoms with E-state index in [1.807, 2.05) is 5.57 Å².